The van der Waals surface area contributed by atoms with Crippen LogP contribution in [0.3, 0.4) is 0 Å². The molecule has 1 aliphatic heterocycles. The largest absolute Gasteiger partial charge is 0.319 e. The van der Waals surface area contributed by atoms with Gasteiger partial charge in [0.15, 0.2) is 0 Å². The van der Waals surface area contributed by atoms with E-state index < -0.39 is 0 Å². The Labute approximate surface area is 117 Å². The molecule has 1 aromatic rings. The van der Waals surface area contributed by atoms with Crippen molar-refractivity contribution in [1.82, 2.24) is 10.2 Å². The average molecular weight is 317 g/mol. The van der Waals surface area contributed by atoms with E-state index in [-0.39, 0.29) is 0 Å². The molecule has 0 amide bonds. The third kappa shape index (κ3) is 2.75. The Balaban J connectivity index is 2.24. The van der Waals surface area contributed by atoms with E-state index in [1.54, 1.807) is 0 Å². The SMILES string of the molecule is CCN1CCC(CNC)C1c1cc(Br)c(C)s1. The number of hydrogen-bond donors (Lipinski definition) is 1. The summed E-state index contributed by atoms with van der Waals surface area (Å²) < 4.78 is 1.27. The van der Waals surface area contributed by atoms with Crippen LogP contribution < -0.4 is 5.32 Å². The lowest BCUT2D eigenvalue weighted by Gasteiger charge is -2.26. The summed E-state index contributed by atoms with van der Waals surface area (Å²) in [6.07, 6.45) is 1.31. The van der Waals surface area contributed by atoms with Crippen LogP contribution in [0.2, 0.25) is 0 Å². The van der Waals surface area contributed by atoms with Crippen molar-refractivity contribution in [3.8, 4) is 0 Å². The zero-order valence-electron chi connectivity index (χ0n) is 10.8. The molecule has 96 valence electrons. The van der Waals surface area contributed by atoms with Crippen LogP contribution in [0.15, 0.2) is 10.5 Å². The smallest absolute Gasteiger partial charge is 0.0482 e. The second kappa shape index (κ2) is 5.83. The number of nitrogens with one attached hydrogen (secondary N) is 1. The number of aryl methyl sites for hydroxylation is 1. The summed E-state index contributed by atoms with van der Waals surface area (Å²) in [7, 11) is 2.06. The Hall–Kier alpha value is 0.1000. The van der Waals surface area contributed by atoms with Gasteiger partial charge >= 0.3 is 0 Å². The van der Waals surface area contributed by atoms with Crippen LogP contribution in [-0.4, -0.2) is 31.6 Å². The fourth-order valence-corrected chi connectivity index (χ4v) is 4.59. The molecule has 1 aromatic heterocycles. The summed E-state index contributed by atoms with van der Waals surface area (Å²) in [5, 5.41) is 3.34. The molecule has 1 N–H and O–H groups in total. The first kappa shape index (κ1) is 13.5. The minimum absolute atomic E-state index is 0.613. The molecule has 2 rings (SSSR count). The van der Waals surface area contributed by atoms with Crippen molar-refractivity contribution in [2.24, 2.45) is 5.92 Å². The van der Waals surface area contributed by atoms with Crippen molar-refractivity contribution in [1.29, 1.82) is 0 Å². The van der Waals surface area contributed by atoms with E-state index in [4.69, 9.17) is 0 Å². The van der Waals surface area contributed by atoms with Crippen molar-refractivity contribution in [2.75, 3.05) is 26.7 Å². The monoisotopic (exact) mass is 316 g/mol. The number of nitrogens with zero attached hydrogens (tertiary/aromatic N) is 1. The number of rotatable bonds is 4. The van der Waals surface area contributed by atoms with Gasteiger partial charge in [0.25, 0.3) is 0 Å². The van der Waals surface area contributed by atoms with Gasteiger partial charge in [0, 0.05) is 20.3 Å². The molecule has 1 fully saturated rings. The van der Waals surface area contributed by atoms with Gasteiger partial charge in [-0.05, 0) is 67.9 Å². The Morgan fingerprint density at radius 1 is 1.59 bits per heavy atom. The molecule has 17 heavy (non-hydrogen) atoms. The molecule has 0 radical (unpaired) electrons. The lowest BCUT2D eigenvalue weighted by Crippen LogP contribution is -2.28. The van der Waals surface area contributed by atoms with Crippen molar-refractivity contribution in [3.63, 3.8) is 0 Å². The van der Waals surface area contributed by atoms with Gasteiger partial charge in [-0.1, -0.05) is 6.92 Å². The van der Waals surface area contributed by atoms with E-state index >= 15 is 0 Å². The Kier molecular flexibility index (Phi) is 4.64. The number of halogens is 1. The van der Waals surface area contributed by atoms with Crippen LogP contribution in [-0.2, 0) is 0 Å². The number of thiophene rings is 1. The van der Waals surface area contributed by atoms with Gasteiger partial charge in [-0.2, -0.15) is 0 Å². The van der Waals surface area contributed by atoms with E-state index in [2.05, 4.69) is 53.1 Å². The first-order valence-corrected chi connectivity index (χ1v) is 7.92. The van der Waals surface area contributed by atoms with Gasteiger partial charge in [0.1, 0.15) is 0 Å². The molecule has 0 saturated carbocycles. The van der Waals surface area contributed by atoms with E-state index in [0.717, 1.165) is 19.0 Å². The van der Waals surface area contributed by atoms with Crippen molar-refractivity contribution in [2.45, 2.75) is 26.3 Å². The lowest BCUT2D eigenvalue weighted by molar-refractivity contribution is 0.242. The molecule has 2 unspecified atom stereocenters. The summed E-state index contributed by atoms with van der Waals surface area (Å²) in [6, 6.07) is 2.93. The van der Waals surface area contributed by atoms with Crippen molar-refractivity contribution in [3.05, 3.63) is 20.3 Å². The normalized spacial score (nSPS) is 25.6. The Morgan fingerprint density at radius 3 is 2.88 bits per heavy atom. The van der Waals surface area contributed by atoms with Gasteiger partial charge in [0.05, 0.1) is 0 Å². The highest BCUT2D eigenvalue weighted by molar-refractivity contribution is 9.10. The van der Waals surface area contributed by atoms with E-state index in [1.165, 1.54) is 27.2 Å². The molecule has 1 aliphatic rings. The van der Waals surface area contributed by atoms with Crippen LogP contribution in [0.5, 0.6) is 0 Å². The second-order valence-electron chi connectivity index (χ2n) is 4.73. The summed E-state index contributed by atoms with van der Waals surface area (Å²) in [6.45, 7) is 7.97. The maximum Gasteiger partial charge on any atom is 0.0482 e. The molecule has 2 atom stereocenters. The molecule has 0 aromatic carbocycles. The van der Waals surface area contributed by atoms with Gasteiger partial charge in [-0.15, -0.1) is 11.3 Å². The van der Waals surface area contributed by atoms with Gasteiger partial charge in [-0.25, -0.2) is 0 Å². The molecule has 1 saturated heterocycles. The molecule has 2 heterocycles. The third-order valence-corrected chi connectivity index (χ3v) is 5.87. The van der Waals surface area contributed by atoms with Crippen LogP contribution >= 0.6 is 27.3 Å². The highest BCUT2D eigenvalue weighted by atomic mass is 79.9. The van der Waals surface area contributed by atoms with Crippen LogP contribution in [0, 0.1) is 12.8 Å². The maximum absolute atomic E-state index is 3.64. The third-order valence-electron chi connectivity index (χ3n) is 3.67. The Morgan fingerprint density at radius 2 is 2.35 bits per heavy atom. The first-order valence-electron chi connectivity index (χ1n) is 6.31. The molecular weight excluding hydrogens is 296 g/mol. The molecule has 0 aliphatic carbocycles. The van der Waals surface area contributed by atoms with Gasteiger partial charge < -0.3 is 5.32 Å². The van der Waals surface area contributed by atoms with Crippen molar-refractivity contribution < 1.29 is 0 Å². The summed E-state index contributed by atoms with van der Waals surface area (Å²) in [5.74, 6) is 0.755. The van der Waals surface area contributed by atoms with Crippen molar-refractivity contribution >= 4 is 27.3 Å². The first-order chi connectivity index (χ1) is 8.17. The van der Waals surface area contributed by atoms with Gasteiger partial charge in [-0.3, -0.25) is 4.90 Å². The van der Waals surface area contributed by atoms with Crippen LogP contribution in [0.25, 0.3) is 0 Å². The van der Waals surface area contributed by atoms with Gasteiger partial charge in [0.2, 0.25) is 0 Å². The highest BCUT2D eigenvalue weighted by Gasteiger charge is 2.34. The van der Waals surface area contributed by atoms with Crippen LogP contribution in [0.4, 0.5) is 0 Å². The fourth-order valence-electron chi connectivity index (χ4n) is 2.80. The lowest BCUT2D eigenvalue weighted by atomic mass is 9.99. The quantitative estimate of drug-likeness (QED) is 0.915. The topological polar surface area (TPSA) is 15.3 Å². The standard InChI is InChI=1S/C13H21BrN2S/c1-4-16-6-5-10(8-15-3)13(16)12-7-11(14)9(2)17-12/h7,10,13,15H,4-6,8H2,1-3H3. The zero-order chi connectivity index (χ0) is 12.4. The molecule has 4 heteroatoms. The zero-order valence-corrected chi connectivity index (χ0v) is 13.2. The molecule has 2 nitrogen and oxygen atoms in total. The molecular formula is C13H21BrN2S. The van der Waals surface area contributed by atoms with Crippen LogP contribution in [0.1, 0.15) is 29.1 Å². The van der Waals surface area contributed by atoms with E-state index in [9.17, 15) is 0 Å². The van der Waals surface area contributed by atoms with E-state index in [1.807, 2.05) is 11.3 Å². The number of hydrogen-bond acceptors (Lipinski definition) is 3. The average Bonchev–Trinajstić information content (AvgIpc) is 2.84. The molecule has 0 bridgehead atoms. The maximum atomic E-state index is 3.64. The molecule has 0 spiro atoms. The number of likely N-dealkylation sites (tertiary alicyclic amines) is 1. The summed E-state index contributed by atoms with van der Waals surface area (Å²) in [4.78, 5) is 5.53. The fraction of sp³-hybridized carbons (Fsp3) is 0.692. The van der Waals surface area contributed by atoms with E-state index in [0.29, 0.717) is 6.04 Å². The predicted octanol–water partition coefficient (Wildman–Crippen LogP) is 3.42. The predicted molar refractivity (Wildman–Crippen MR) is 78.8 cm³/mol. The second-order valence-corrected chi connectivity index (χ2v) is 6.87. The Bertz CT molecular complexity index is 358. The minimum atomic E-state index is 0.613. The minimum Gasteiger partial charge on any atom is -0.319 e. The summed E-state index contributed by atoms with van der Waals surface area (Å²) >= 11 is 5.58. The highest BCUT2D eigenvalue weighted by Crippen LogP contribution is 2.41. The summed E-state index contributed by atoms with van der Waals surface area (Å²) in [5.41, 5.74) is 0.